The number of halogens is 2. The van der Waals surface area contributed by atoms with E-state index in [1.807, 2.05) is 30.3 Å². The Balaban J connectivity index is 0.00000200. The number of nitrogens with one attached hydrogen (secondary N) is 1. The van der Waals surface area contributed by atoms with Gasteiger partial charge in [0.1, 0.15) is 0 Å². The molecular weight excluding hydrogens is 311 g/mol. The maximum absolute atomic E-state index is 10.1. The van der Waals surface area contributed by atoms with Crippen molar-refractivity contribution < 1.29 is 9.84 Å². The normalized spacial score (nSPS) is 18.2. The molecule has 2 atom stereocenters. The third kappa shape index (κ3) is 7.45. The van der Waals surface area contributed by atoms with Gasteiger partial charge in [-0.2, -0.15) is 0 Å². The first-order chi connectivity index (χ1) is 9.25. The fourth-order valence-electron chi connectivity index (χ4n) is 2.36. The summed E-state index contributed by atoms with van der Waals surface area (Å²) < 4.78 is 5.31. The Morgan fingerprint density at radius 2 is 1.81 bits per heavy atom. The number of hydrogen-bond donors (Lipinski definition) is 3. The van der Waals surface area contributed by atoms with Gasteiger partial charge in [-0.3, -0.25) is 0 Å². The first-order valence-electron chi connectivity index (χ1n) is 7.04. The molecule has 0 radical (unpaired) electrons. The van der Waals surface area contributed by atoms with Crippen LogP contribution in [0.2, 0.25) is 0 Å². The van der Waals surface area contributed by atoms with Gasteiger partial charge in [-0.05, 0) is 24.8 Å². The van der Waals surface area contributed by atoms with Crippen LogP contribution < -0.4 is 11.1 Å². The van der Waals surface area contributed by atoms with E-state index in [1.54, 1.807) is 0 Å². The van der Waals surface area contributed by atoms with Crippen molar-refractivity contribution >= 4 is 24.8 Å². The van der Waals surface area contributed by atoms with E-state index in [0.717, 1.165) is 26.1 Å². The molecule has 1 fully saturated rings. The van der Waals surface area contributed by atoms with E-state index in [9.17, 15) is 5.11 Å². The molecular formula is C15H26Cl2N2O2. The third-order valence-electron chi connectivity index (χ3n) is 3.65. The lowest BCUT2D eigenvalue weighted by Crippen LogP contribution is -2.46. The van der Waals surface area contributed by atoms with E-state index in [4.69, 9.17) is 10.5 Å². The molecule has 4 nitrogen and oxygen atoms in total. The number of hydrogen-bond acceptors (Lipinski definition) is 4. The van der Waals surface area contributed by atoms with Crippen molar-refractivity contribution in [3.63, 3.8) is 0 Å². The summed E-state index contributed by atoms with van der Waals surface area (Å²) >= 11 is 0. The van der Waals surface area contributed by atoms with E-state index in [1.165, 1.54) is 5.56 Å². The van der Waals surface area contributed by atoms with Crippen LogP contribution in [0, 0.1) is 0 Å². The molecule has 0 spiro atoms. The van der Waals surface area contributed by atoms with E-state index in [0.29, 0.717) is 19.0 Å². The van der Waals surface area contributed by atoms with Crippen molar-refractivity contribution in [1.29, 1.82) is 0 Å². The summed E-state index contributed by atoms with van der Waals surface area (Å²) in [5.74, 6) is 0. The largest absolute Gasteiger partial charge is 0.390 e. The second-order valence-electron chi connectivity index (χ2n) is 5.22. The van der Waals surface area contributed by atoms with E-state index < -0.39 is 6.10 Å². The highest BCUT2D eigenvalue weighted by atomic mass is 35.5. The summed E-state index contributed by atoms with van der Waals surface area (Å²) in [5.41, 5.74) is 7.22. The molecule has 0 amide bonds. The minimum absolute atomic E-state index is 0. The Morgan fingerprint density at radius 3 is 2.43 bits per heavy atom. The molecule has 122 valence electrons. The van der Waals surface area contributed by atoms with Gasteiger partial charge in [-0.15, -0.1) is 24.8 Å². The maximum Gasteiger partial charge on any atom is 0.0818 e. The molecule has 21 heavy (non-hydrogen) atoms. The second-order valence-corrected chi connectivity index (χ2v) is 5.22. The van der Waals surface area contributed by atoms with Gasteiger partial charge in [0.25, 0.3) is 0 Å². The molecule has 1 heterocycles. The molecule has 1 saturated heterocycles. The molecule has 0 saturated carbocycles. The van der Waals surface area contributed by atoms with Gasteiger partial charge in [0.05, 0.1) is 6.10 Å². The van der Waals surface area contributed by atoms with Crippen LogP contribution in [0.4, 0.5) is 0 Å². The Kier molecular flexibility index (Phi) is 11.0. The minimum Gasteiger partial charge on any atom is -0.390 e. The highest BCUT2D eigenvalue weighted by Crippen LogP contribution is 2.07. The number of rotatable bonds is 6. The Morgan fingerprint density at radius 1 is 1.19 bits per heavy atom. The molecule has 2 rings (SSSR count). The van der Waals surface area contributed by atoms with Crippen molar-refractivity contribution in [2.45, 2.75) is 37.5 Å². The molecule has 0 aromatic heterocycles. The number of benzene rings is 1. The number of nitrogens with two attached hydrogens (primary N) is 1. The van der Waals surface area contributed by atoms with Crippen molar-refractivity contribution in [2.24, 2.45) is 5.73 Å². The lowest BCUT2D eigenvalue weighted by molar-refractivity contribution is 0.0700. The van der Waals surface area contributed by atoms with Gasteiger partial charge in [0.2, 0.25) is 0 Å². The topological polar surface area (TPSA) is 67.5 Å². The smallest absolute Gasteiger partial charge is 0.0818 e. The minimum atomic E-state index is -0.511. The molecule has 1 aliphatic heterocycles. The van der Waals surface area contributed by atoms with E-state index in [-0.39, 0.29) is 30.9 Å². The lowest BCUT2D eigenvalue weighted by Gasteiger charge is -2.26. The fraction of sp³-hybridized carbons (Fsp3) is 0.600. The van der Waals surface area contributed by atoms with Crippen LogP contribution in [0.5, 0.6) is 0 Å². The van der Waals surface area contributed by atoms with Crippen molar-refractivity contribution in [1.82, 2.24) is 5.32 Å². The molecule has 1 aromatic rings. The van der Waals surface area contributed by atoms with Crippen LogP contribution in [0.15, 0.2) is 30.3 Å². The van der Waals surface area contributed by atoms with Gasteiger partial charge in [-0.1, -0.05) is 30.3 Å². The summed E-state index contributed by atoms with van der Waals surface area (Å²) in [5, 5.41) is 13.5. The molecule has 1 aromatic carbocycles. The average molecular weight is 337 g/mol. The first kappa shape index (κ1) is 20.6. The van der Waals surface area contributed by atoms with Crippen molar-refractivity contribution in [2.75, 3.05) is 19.8 Å². The standard InChI is InChI=1S/C15H24N2O2.2ClH/c16-14(10-12-4-2-1-3-5-12)15(18)11-17-13-6-8-19-9-7-13;;/h1-5,13-15,17-18H,6-11,16H2;2*1H/t14-,15+;;/m0../s1. The predicted octanol–water partition coefficient (Wildman–Crippen LogP) is 1.53. The zero-order valence-corrected chi connectivity index (χ0v) is 13.7. The highest BCUT2D eigenvalue weighted by molar-refractivity contribution is 5.85. The molecule has 6 heteroatoms. The monoisotopic (exact) mass is 336 g/mol. The SMILES string of the molecule is Cl.Cl.N[C@@H](Cc1ccccc1)[C@H](O)CNC1CCOCC1. The fourth-order valence-corrected chi connectivity index (χ4v) is 2.36. The van der Waals surface area contributed by atoms with Gasteiger partial charge in [-0.25, -0.2) is 0 Å². The van der Waals surface area contributed by atoms with Crippen LogP contribution in [-0.4, -0.2) is 43.1 Å². The summed E-state index contributed by atoms with van der Waals surface area (Å²) in [6, 6.07) is 10.3. The van der Waals surface area contributed by atoms with Gasteiger partial charge in [0.15, 0.2) is 0 Å². The lowest BCUT2D eigenvalue weighted by atomic mass is 10.0. The molecule has 0 unspecified atom stereocenters. The van der Waals surface area contributed by atoms with Gasteiger partial charge < -0.3 is 20.9 Å². The van der Waals surface area contributed by atoms with Crippen LogP contribution >= 0.6 is 24.8 Å². The molecule has 1 aliphatic rings. The van der Waals surface area contributed by atoms with Crippen LogP contribution in [-0.2, 0) is 11.2 Å². The Labute approximate surface area is 139 Å². The average Bonchev–Trinajstić information content (AvgIpc) is 2.47. The number of ether oxygens (including phenoxy) is 1. The first-order valence-corrected chi connectivity index (χ1v) is 7.04. The van der Waals surface area contributed by atoms with Gasteiger partial charge >= 0.3 is 0 Å². The number of aliphatic hydroxyl groups is 1. The van der Waals surface area contributed by atoms with Crippen molar-refractivity contribution in [3.05, 3.63) is 35.9 Å². The molecule has 4 N–H and O–H groups in total. The quantitative estimate of drug-likeness (QED) is 0.736. The predicted molar refractivity (Wildman–Crippen MR) is 90.5 cm³/mol. The van der Waals surface area contributed by atoms with Crippen LogP contribution in [0.3, 0.4) is 0 Å². The Hall–Kier alpha value is -0.360. The zero-order valence-electron chi connectivity index (χ0n) is 12.1. The Bertz CT molecular complexity index is 362. The third-order valence-corrected chi connectivity index (χ3v) is 3.65. The molecule has 0 bridgehead atoms. The summed E-state index contributed by atoms with van der Waals surface area (Å²) in [6.07, 6.45) is 2.22. The second kappa shape index (κ2) is 11.2. The highest BCUT2D eigenvalue weighted by Gasteiger charge is 2.18. The number of aliphatic hydroxyl groups excluding tert-OH is 1. The summed E-state index contributed by atoms with van der Waals surface area (Å²) in [6.45, 7) is 2.17. The summed E-state index contributed by atoms with van der Waals surface area (Å²) in [7, 11) is 0. The van der Waals surface area contributed by atoms with Crippen LogP contribution in [0.25, 0.3) is 0 Å². The maximum atomic E-state index is 10.1. The van der Waals surface area contributed by atoms with Crippen LogP contribution in [0.1, 0.15) is 18.4 Å². The van der Waals surface area contributed by atoms with Gasteiger partial charge in [0, 0.05) is 31.8 Å². The van der Waals surface area contributed by atoms with Crippen molar-refractivity contribution in [3.8, 4) is 0 Å². The summed E-state index contributed by atoms with van der Waals surface area (Å²) in [4.78, 5) is 0. The van der Waals surface area contributed by atoms with E-state index in [2.05, 4.69) is 5.32 Å². The molecule has 0 aliphatic carbocycles. The zero-order chi connectivity index (χ0) is 13.5. The van der Waals surface area contributed by atoms with E-state index >= 15 is 0 Å².